The van der Waals surface area contributed by atoms with E-state index in [0.29, 0.717) is 13.1 Å². The molecule has 0 aromatic carbocycles. The summed E-state index contributed by atoms with van der Waals surface area (Å²) >= 11 is 1.15. The summed E-state index contributed by atoms with van der Waals surface area (Å²) in [5.41, 5.74) is 0.875. The number of amides is 2. The Morgan fingerprint density at radius 1 is 1.43 bits per heavy atom. The topological polar surface area (TPSA) is 62.6 Å². The van der Waals surface area contributed by atoms with Gasteiger partial charge in [-0.25, -0.2) is 0 Å². The first-order chi connectivity index (χ1) is 9.91. The zero-order valence-electron chi connectivity index (χ0n) is 12.7. The number of nitrogens with zero attached hydrogens (tertiary/aromatic N) is 3. The minimum absolute atomic E-state index is 0.0234. The predicted molar refractivity (Wildman–Crippen MR) is 81.4 cm³/mol. The number of rotatable bonds is 4. The van der Waals surface area contributed by atoms with Gasteiger partial charge in [-0.15, -0.1) is 0 Å². The number of carbonyl (C=O) groups is 2. The van der Waals surface area contributed by atoms with Crippen LogP contribution >= 0.6 is 11.3 Å². The molecule has 0 saturated carbocycles. The van der Waals surface area contributed by atoms with Gasteiger partial charge in [0, 0.05) is 44.7 Å². The number of likely N-dealkylation sites (N-methyl/N-ethyl adjacent to an activating group) is 1. The fourth-order valence-electron chi connectivity index (χ4n) is 2.65. The molecule has 0 aliphatic carbocycles. The molecule has 0 bridgehead atoms. The maximum Gasteiger partial charge on any atom is 0.307 e. The van der Waals surface area contributed by atoms with E-state index >= 15 is 0 Å². The first-order valence-corrected chi connectivity index (χ1v) is 7.95. The summed E-state index contributed by atoms with van der Waals surface area (Å²) in [4.78, 5) is 39.2. The predicted octanol–water partition coefficient (Wildman–Crippen LogP) is 0.688. The van der Waals surface area contributed by atoms with Gasteiger partial charge in [0.2, 0.25) is 11.8 Å². The van der Waals surface area contributed by atoms with Crippen molar-refractivity contribution in [2.75, 3.05) is 20.6 Å². The quantitative estimate of drug-likeness (QED) is 0.822. The molecule has 21 heavy (non-hydrogen) atoms. The van der Waals surface area contributed by atoms with Gasteiger partial charge in [0.05, 0.1) is 0 Å². The van der Waals surface area contributed by atoms with Crippen molar-refractivity contribution in [1.29, 1.82) is 0 Å². The molecule has 0 N–H and O–H groups in total. The summed E-state index contributed by atoms with van der Waals surface area (Å²) in [6.45, 7) is 2.86. The van der Waals surface area contributed by atoms with Crippen LogP contribution < -0.4 is 4.87 Å². The number of thiazole rings is 1. The maximum atomic E-state index is 12.3. The number of likely N-dealkylation sites (tertiary alicyclic amines) is 1. The van der Waals surface area contributed by atoms with E-state index in [0.717, 1.165) is 29.9 Å². The Morgan fingerprint density at radius 3 is 2.71 bits per heavy atom. The van der Waals surface area contributed by atoms with Crippen LogP contribution in [0.3, 0.4) is 0 Å². The lowest BCUT2D eigenvalue weighted by atomic mass is 10.2. The molecule has 1 aliphatic heterocycles. The van der Waals surface area contributed by atoms with Crippen molar-refractivity contribution in [2.45, 2.75) is 38.8 Å². The second-order valence-electron chi connectivity index (χ2n) is 5.52. The summed E-state index contributed by atoms with van der Waals surface area (Å²) in [5, 5.41) is 1.79. The molecule has 1 unspecified atom stereocenters. The summed E-state index contributed by atoms with van der Waals surface area (Å²) in [6, 6.07) is -0.340. The van der Waals surface area contributed by atoms with Crippen molar-refractivity contribution in [3.8, 4) is 0 Å². The van der Waals surface area contributed by atoms with Crippen molar-refractivity contribution >= 4 is 23.2 Å². The van der Waals surface area contributed by atoms with E-state index in [1.807, 2.05) is 6.92 Å². The fraction of sp³-hybridized carbons (Fsp3) is 0.643. The molecular formula is C14H21N3O3S. The zero-order chi connectivity index (χ0) is 15.6. The second kappa shape index (κ2) is 6.43. The standard InChI is InChI=1S/C14H21N3O3S/c1-10-9-21-14(20)16(10)8-6-12(18)17-7-4-5-11(17)13(19)15(2)3/h9,11H,4-8H2,1-3H3. The highest BCUT2D eigenvalue weighted by Crippen LogP contribution is 2.20. The Bertz CT molecular complexity index is 591. The third-order valence-electron chi connectivity index (χ3n) is 3.82. The Kier molecular flexibility index (Phi) is 4.82. The van der Waals surface area contributed by atoms with E-state index < -0.39 is 0 Å². The first kappa shape index (κ1) is 15.8. The number of carbonyl (C=O) groups excluding carboxylic acids is 2. The SMILES string of the molecule is Cc1csc(=O)n1CCC(=O)N1CCCC1C(=O)N(C)C. The minimum Gasteiger partial charge on any atom is -0.347 e. The molecule has 0 radical (unpaired) electrons. The molecule has 116 valence electrons. The van der Waals surface area contributed by atoms with E-state index in [2.05, 4.69) is 0 Å². The summed E-state index contributed by atoms with van der Waals surface area (Å²) in [7, 11) is 3.41. The smallest absolute Gasteiger partial charge is 0.307 e. The second-order valence-corrected chi connectivity index (χ2v) is 6.34. The molecule has 1 aliphatic rings. The van der Waals surface area contributed by atoms with E-state index in [1.165, 1.54) is 4.90 Å². The molecule has 2 rings (SSSR count). The van der Waals surface area contributed by atoms with Gasteiger partial charge in [-0.2, -0.15) is 0 Å². The Morgan fingerprint density at radius 2 is 2.14 bits per heavy atom. The molecule has 0 spiro atoms. The van der Waals surface area contributed by atoms with Gasteiger partial charge in [-0.05, 0) is 19.8 Å². The van der Waals surface area contributed by atoms with Crippen molar-refractivity contribution < 1.29 is 9.59 Å². The van der Waals surface area contributed by atoms with Crippen LogP contribution in [-0.4, -0.2) is 52.9 Å². The van der Waals surface area contributed by atoms with Gasteiger partial charge in [0.1, 0.15) is 6.04 Å². The van der Waals surface area contributed by atoms with Crippen LogP contribution in [0.2, 0.25) is 0 Å². The van der Waals surface area contributed by atoms with Crippen LogP contribution in [0.25, 0.3) is 0 Å². The van der Waals surface area contributed by atoms with Crippen molar-refractivity contribution in [3.63, 3.8) is 0 Å². The first-order valence-electron chi connectivity index (χ1n) is 7.07. The summed E-state index contributed by atoms with van der Waals surface area (Å²) in [5.74, 6) is -0.0741. The largest absolute Gasteiger partial charge is 0.347 e. The number of hydrogen-bond acceptors (Lipinski definition) is 4. The summed E-state index contributed by atoms with van der Waals surface area (Å²) in [6.07, 6.45) is 1.84. The monoisotopic (exact) mass is 311 g/mol. The molecule has 7 heteroatoms. The van der Waals surface area contributed by atoms with Crippen molar-refractivity contribution in [1.82, 2.24) is 14.4 Å². The zero-order valence-corrected chi connectivity index (χ0v) is 13.5. The van der Waals surface area contributed by atoms with Crippen molar-refractivity contribution in [2.24, 2.45) is 0 Å². The molecule has 2 amide bonds. The Hall–Kier alpha value is -1.63. The highest BCUT2D eigenvalue weighted by atomic mass is 32.1. The molecule has 2 heterocycles. The van der Waals surface area contributed by atoms with E-state index in [9.17, 15) is 14.4 Å². The third kappa shape index (κ3) is 3.34. The van der Waals surface area contributed by atoms with Crippen LogP contribution in [0.1, 0.15) is 25.0 Å². The average Bonchev–Trinajstić information content (AvgIpc) is 3.03. The highest BCUT2D eigenvalue weighted by molar-refractivity contribution is 7.07. The molecule has 1 aromatic rings. The lowest BCUT2D eigenvalue weighted by Crippen LogP contribution is -2.45. The lowest BCUT2D eigenvalue weighted by molar-refractivity contribution is -0.142. The number of aromatic nitrogens is 1. The fourth-order valence-corrected chi connectivity index (χ4v) is 3.41. The number of hydrogen-bond donors (Lipinski definition) is 0. The van der Waals surface area contributed by atoms with Crippen molar-refractivity contribution in [3.05, 3.63) is 20.7 Å². The van der Waals surface area contributed by atoms with Gasteiger partial charge >= 0.3 is 4.87 Å². The Labute approximate surface area is 128 Å². The van der Waals surface area contributed by atoms with Gasteiger partial charge < -0.3 is 14.4 Å². The third-order valence-corrected chi connectivity index (χ3v) is 4.71. The molecule has 1 fully saturated rings. The normalized spacial score (nSPS) is 18.0. The maximum absolute atomic E-state index is 12.3. The lowest BCUT2D eigenvalue weighted by Gasteiger charge is -2.26. The number of aryl methyl sites for hydroxylation is 1. The summed E-state index contributed by atoms with van der Waals surface area (Å²) < 4.78 is 1.61. The van der Waals surface area contributed by atoms with Gasteiger partial charge in [-0.3, -0.25) is 14.4 Å². The van der Waals surface area contributed by atoms with Crippen LogP contribution in [0.15, 0.2) is 10.2 Å². The highest BCUT2D eigenvalue weighted by Gasteiger charge is 2.34. The molecular weight excluding hydrogens is 290 g/mol. The van der Waals surface area contributed by atoms with Crippen LogP contribution in [0.5, 0.6) is 0 Å². The minimum atomic E-state index is -0.340. The van der Waals surface area contributed by atoms with E-state index in [4.69, 9.17) is 0 Å². The molecule has 1 saturated heterocycles. The van der Waals surface area contributed by atoms with Crippen LogP contribution in [0.4, 0.5) is 0 Å². The average molecular weight is 311 g/mol. The molecule has 1 atom stereocenters. The Balaban J connectivity index is 2.00. The van der Waals surface area contributed by atoms with Gasteiger partial charge in [0.15, 0.2) is 0 Å². The molecule has 1 aromatic heterocycles. The van der Waals surface area contributed by atoms with Gasteiger partial charge in [0.25, 0.3) is 0 Å². The van der Waals surface area contributed by atoms with Gasteiger partial charge in [-0.1, -0.05) is 11.3 Å². The van der Waals surface area contributed by atoms with Crippen LogP contribution in [-0.2, 0) is 16.1 Å². The molecule has 6 nitrogen and oxygen atoms in total. The van der Waals surface area contributed by atoms with Crippen LogP contribution in [0, 0.1) is 6.92 Å². The van der Waals surface area contributed by atoms with E-state index in [-0.39, 0.29) is 29.1 Å². The van der Waals surface area contributed by atoms with E-state index in [1.54, 1.807) is 28.9 Å².